The zero-order chi connectivity index (χ0) is 12.8. The van der Waals surface area contributed by atoms with Gasteiger partial charge < -0.3 is 4.74 Å². The minimum absolute atomic E-state index is 0.308. The van der Waals surface area contributed by atoms with Gasteiger partial charge in [-0.25, -0.2) is 0 Å². The highest BCUT2D eigenvalue weighted by atomic mass is 16.5. The Bertz CT molecular complexity index is 313. The second-order valence-electron chi connectivity index (χ2n) is 5.09. The van der Waals surface area contributed by atoms with E-state index >= 15 is 0 Å². The fraction of sp³-hybridized carbons (Fsp3) is 0.562. The number of ether oxygens (including phenoxy) is 1. The maximum atomic E-state index is 5.80. The van der Waals surface area contributed by atoms with Crippen molar-refractivity contribution in [1.29, 1.82) is 0 Å². The van der Waals surface area contributed by atoms with Crippen LogP contribution in [-0.4, -0.2) is 6.61 Å². The topological polar surface area (TPSA) is 9.23 Å². The molecule has 0 spiro atoms. The van der Waals surface area contributed by atoms with Gasteiger partial charge in [0.15, 0.2) is 0 Å². The quantitative estimate of drug-likeness (QED) is 0.633. The normalized spacial score (nSPS) is 11.2. The lowest BCUT2D eigenvalue weighted by Gasteiger charge is -2.14. The molecule has 17 heavy (non-hydrogen) atoms. The first-order valence-electron chi connectivity index (χ1n) is 6.65. The molecule has 1 rings (SSSR count). The monoisotopic (exact) mass is 233 g/mol. The van der Waals surface area contributed by atoms with Crippen molar-refractivity contribution in [1.82, 2.24) is 0 Å². The molecule has 95 valence electrons. The first kappa shape index (κ1) is 14.1. The second-order valence-corrected chi connectivity index (χ2v) is 5.09. The number of rotatable bonds is 6. The molecule has 1 aromatic rings. The number of unbranched alkanes of at least 4 members (excludes halogenated alkanes) is 1. The van der Waals surface area contributed by atoms with E-state index in [0.717, 1.165) is 18.8 Å². The first-order chi connectivity index (χ1) is 8.04. The van der Waals surface area contributed by atoms with E-state index in [1.807, 2.05) is 0 Å². The van der Waals surface area contributed by atoms with E-state index in [1.165, 1.54) is 17.5 Å². The summed E-state index contributed by atoms with van der Waals surface area (Å²) >= 11 is 0. The maximum absolute atomic E-state index is 5.80. The van der Waals surface area contributed by atoms with Gasteiger partial charge in [-0.3, -0.25) is 0 Å². The van der Waals surface area contributed by atoms with Crippen molar-refractivity contribution in [2.75, 3.05) is 6.61 Å². The van der Waals surface area contributed by atoms with Crippen LogP contribution in [0.4, 0.5) is 0 Å². The molecule has 1 heteroatoms. The molecule has 0 bridgehead atoms. The van der Waals surface area contributed by atoms with Gasteiger partial charge in [-0.2, -0.15) is 0 Å². The lowest BCUT2D eigenvalue weighted by Crippen LogP contribution is -2.00. The van der Waals surface area contributed by atoms with Crippen LogP contribution in [0.15, 0.2) is 18.2 Å². The SMILES string of the molecule is [CH2]C(C)c1cc(OCCCC)cc(C(C)C)c1. The highest BCUT2D eigenvalue weighted by Gasteiger charge is 2.07. The molecule has 1 aromatic carbocycles. The fourth-order valence-electron chi connectivity index (χ4n) is 1.68. The highest BCUT2D eigenvalue weighted by Crippen LogP contribution is 2.27. The Labute approximate surface area is 106 Å². The summed E-state index contributed by atoms with van der Waals surface area (Å²) in [6.07, 6.45) is 2.28. The average molecular weight is 233 g/mol. The Morgan fingerprint density at radius 1 is 1.12 bits per heavy atom. The van der Waals surface area contributed by atoms with E-state index in [4.69, 9.17) is 4.74 Å². The molecule has 1 radical (unpaired) electrons. The fourth-order valence-corrected chi connectivity index (χ4v) is 1.68. The zero-order valence-electron chi connectivity index (χ0n) is 11.6. The van der Waals surface area contributed by atoms with Crippen LogP contribution < -0.4 is 4.74 Å². The molecule has 0 aromatic heterocycles. The predicted molar refractivity (Wildman–Crippen MR) is 74.7 cm³/mol. The van der Waals surface area contributed by atoms with Gasteiger partial charge in [-0.05, 0) is 48.4 Å². The summed E-state index contributed by atoms with van der Waals surface area (Å²) in [4.78, 5) is 0. The molecule has 1 nitrogen and oxygen atoms in total. The van der Waals surface area contributed by atoms with Crippen molar-refractivity contribution in [3.8, 4) is 5.75 Å². The van der Waals surface area contributed by atoms with Crippen LogP contribution in [0.25, 0.3) is 0 Å². The molecule has 0 aliphatic rings. The van der Waals surface area contributed by atoms with Gasteiger partial charge in [0.2, 0.25) is 0 Å². The van der Waals surface area contributed by atoms with E-state index in [-0.39, 0.29) is 0 Å². The van der Waals surface area contributed by atoms with E-state index < -0.39 is 0 Å². The van der Waals surface area contributed by atoms with Crippen molar-refractivity contribution in [3.63, 3.8) is 0 Å². The van der Waals surface area contributed by atoms with E-state index in [1.54, 1.807) is 0 Å². The van der Waals surface area contributed by atoms with Crippen LogP contribution in [0.1, 0.15) is 63.5 Å². The Morgan fingerprint density at radius 2 is 1.76 bits per heavy atom. The lowest BCUT2D eigenvalue weighted by atomic mass is 9.95. The molecule has 0 saturated heterocycles. The molecule has 0 N–H and O–H groups in total. The van der Waals surface area contributed by atoms with Gasteiger partial charge in [0, 0.05) is 0 Å². The van der Waals surface area contributed by atoms with Gasteiger partial charge in [-0.15, -0.1) is 0 Å². The van der Waals surface area contributed by atoms with Gasteiger partial charge in [0.1, 0.15) is 5.75 Å². The Kier molecular flexibility index (Phi) is 5.54. The van der Waals surface area contributed by atoms with Crippen LogP contribution in [0.5, 0.6) is 5.75 Å². The third kappa shape index (κ3) is 4.41. The lowest BCUT2D eigenvalue weighted by molar-refractivity contribution is 0.308. The highest BCUT2D eigenvalue weighted by molar-refractivity contribution is 5.37. The maximum Gasteiger partial charge on any atom is 0.119 e. The summed E-state index contributed by atoms with van der Waals surface area (Å²) in [7, 11) is 0. The van der Waals surface area contributed by atoms with Crippen LogP contribution in [-0.2, 0) is 0 Å². The third-order valence-corrected chi connectivity index (χ3v) is 2.95. The minimum Gasteiger partial charge on any atom is -0.494 e. The van der Waals surface area contributed by atoms with Crippen LogP contribution >= 0.6 is 0 Å². The zero-order valence-corrected chi connectivity index (χ0v) is 11.6. The summed E-state index contributed by atoms with van der Waals surface area (Å²) in [6, 6.07) is 6.53. The predicted octanol–water partition coefficient (Wildman–Crippen LogP) is 4.93. The van der Waals surface area contributed by atoms with Gasteiger partial charge in [0.25, 0.3) is 0 Å². The molecule has 0 aliphatic heterocycles. The average Bonchev–Trinajstić information content (AvgIpc) is 2.29. The van der Waals surface area contributed by atoms with Crippen molar-refractivity contribution in [2.45, 2.75) is 52.4 Å². The number of hydrogen-bond acceptors (Lipinski definition) is 1. The van der Waals surface area contributed by atoms with Crippen LogP contribution in [0.3, 0.4) is 0 Å². The van der Waals surface area contributed by atoms with E-state index in [0.29, 0.717) is 11.8 Å². The van der Waals surface area contributed by atoms with Crippen molar-refractivity contribution in [3.05, 3.63) is 36.2 Å². The van der Waals surface area contributed by atoms with Crippen LogP contribution in [0, 0.1) is 6.92 Å². The number of hydrogen-bond donors (Lipinski definition) is 0. The van der Waals surface area contributed by atoms with Gasteiger partial charge in [-0.1, -0.05) is 40.2 Å². The Balaban J connectivity index is 2.88. The molecule has 0 aliphatic carbocycles. The Hall–Kier alpha value is -0.980. The summed E-state index contributed by atoms with van der Waals surface area (Å²) in [5.74, 6) is 1.83. The van der Waals surface area contributed by atoms with Gasteiger partial charge in [0.05, 0.1) is 6.61 Å². The van der Waals surface area contributed by atoms with E-state index in [9.17, 15) is 0 Å². The van der Waals surface area contributed by atoms with Crippen LogP contribution in [0.2, 0.25) is 0 Å². The molecular formula is C16H25O. The van der Waals surface area contributed by atoms with Gasteiger partial charge >= 0.3 is 0 Å². The molecular weight excluding hydrogens is 208 g/mol. The van der Waals surface area contributed by atoms with E-state index in [2.05, 4.69) is 52.8 Å². The summed E-state index contributed by atoms with van der Waals surface area (Å²) in [6.45, 7) is 13.6. The molecule has 1 unspecified atom stereocenters. The van der Waals surface area contributed by atoms with Crippen molar-refractivity contribution in [2.24, 2.45) is 0 Å². The largest absolute Gasteiger partial charge is 0.494 e. The number of benzene rings is 1. The summed E-state index contributed by atoms with van der Waals surface area (Å²) < 4.78 is 5.80. The standard InChI is InChI=1S/C16H25O/c1-6-7-8-17-16-10-14(12(2)3)9-15(11-16)13(4)5/h9-13H,2,6-8H2,1,3-5H3. The summed E-state index contributed by atoms with van der Waals surface area (Å²) in [5, 5.41) is 0. The summed E-state index contributed by atoms with van der Waals surface area (Å²) in [5.41, 5.74) is 2.60. The van der Waals surface area contributed by atoms with Crippen molar-refractivity contribution >= 4 is 0 Å². The molecule has 0 amide bonds. The molecule has 1 atom stereocenters. The van der Waals surface area contributed by atoms with Crippen molar-refractivity contribution < 1.29 is 4.74 Å². The first-order valence-corrected chi connectivity index (χ1v) is 6.65. The Morgan fingerprint density at radius 3 is 2.29 bits per heavy atom. The third-order valence-electron chi connectivity index (χ3n) is 2.95. The smallest absolute Gasteiger partial charge is 0.119 e. The molecule has 0 heterocycles. The molecule has 0 saturated carbocycles. The second kappa shape index (κ2) is 6.68. The minimum atomic E-state index is 0.308. The molecule has 0 fully saturated rings.